The lowest BCUT2D eigenvalue weighted by Crippen LogP contribution is -2.49. The summed E-state index contributed by atoms with van der Waals surface area (Å²) in [4.78, 5) is 11.5. The number of halogens is 2. The van der Waals surface area contributed by atoms with Gasteiger partial charge >= 0.3 is 5.97 Å². The van der Waals surface area contributed by atoms with Crippen LogP contribution < -0.4 is 0 Å². The van der Waals surface area contributed by atoms with Crippen molar-refractivity contribution in [2.45, 2.75) is 24.0 Å². The number of rotatable bonds is 5. The van der Waals surface area contributed by atoms with E-state index in [1.807, 2.05) is 18.2 Å². The molecule has 104 valence electrons. The van der Waals surface area contributed by atoms with Crippen molar-refractivity contribution < 1.29 is 19.0 Å². The minimum atomic E-state index is -2.69. The van der Waals surface area contributed by atoms with Crippen LogP contribution in [0.15, 0.2) is 36.4 Å². The van der Waals surface area contributed by atoms with Gasteiger partial charge in [-0.1, -0.05) is 36.4 Å². The van der Waals surface area contributed by atoms with Crippen molar-refractivity contribution in [3.63, 3.8) is 0 Å². The second kappa shape index (κ2) is 6.30. The quantitative estimate of drug-likeness (QED) is 0.666. The van der Waals surface area contributed by atoms with Gasteiger partial charge in [0, 0.05) is 0 Å². The molecule has 1 N–H and O–H groups in total. The van der Waals surface area contributed by atoms with Crippen LogP contribution in [-0.4, -0.2) is 27.9 Å². The first-order valence-electron chi connectivity index (χ1n) is 5.83. The third-order valence-corrected chi connectivity index (χ3v) is 3.69. The fraction of sp³-hybridized carbons (Fsp3) is 0.357. The molecular weight excluding hydrogens is 315 g/mol. The SMILES string of the molecule is CCOC(=O)C(F)(Br)C(C)(O)/C=C/c1ccccc1. The standard InChI is InChI=1S/C14H16BrFO3/c1-3-19-12(17)14(15,16)13(2,18)10-9-11-7-5-4-6-8-11/h4-10,18H,3H2,1-2H3/b10-9+. The van der Waals surface area contributed by atoms with Gasteiger partial charge in [0.15, 0.2) is 0 Å². The van der Waals surface area contributed by atoms with E-state index in [2.05, 4.69) is 20.7 Å². The van der Waals surface area contributed by atoms with Crippen LogP contribution in [-0.2, 0) is 9.53 Å². The number of alkyl halides is 2. The number of benzene rings is 1. The zero-order valence-corrected chi connectivity index (χ0v) is 12.4. The molecule has 0 fully saturated rings. The highest BCUT2D eigenvalue weighted by Crippen LogP contribution is 2.36. The van der Waals surface area contributed by atoms with Crippen molar-refractivity contribution in [2.75, 3.05) is 6.61 Å². The molecule has 1 aromatic rings. The van der Waals surface area contributed by atoms with Crippen LogP contribution in [0.2, 0.25) is 0 Å². The predicted octanol–water partition coefficient (Wildman–Crippen LogP) is 3.07. The van der Waals surface area contributed by atoms with Crippen LogP contribution in [0, 0.1) is 0 Å². The van der Waals surface area contributed by atoms with E-state index in [9.17, 15) is 14.3 Å². The highest BCUT2D eigenvalue weighted by molar-refractivity contribution is 9.10. The van der Waals surface area contributed by atoms with Crippen molar-refractivity contribution in [3.05, 3.63) is 42.0 Å². The Hall–Kier alpha value is -1.20. The number of hydrogen-bond donors (Lipinski definition) is 1. The van der Waals surface area contributed by atoms with Gasteiger partial charge < -0.3 is 9.84 Å². The van der Waals surface area contributed by atoms with E-state index >= 15 is 0 Å². The first kappa shape index (κ1) is 15.9. The zero-order valence-electron chi connectivity index (χ0n) is 10.8. The van der Waals surface area contributed by atoms with Crippen molar-refractivity contribution in [1.82, 2.24) is 0 Å². The highest BCUT2D eigenvalue weighted by atomic mass is 79.9. The maximum absolute atomic E-state index is 14.3. The van der Waals surface area contributed by atoms with Crippen LogP contribution in [0.3, 0.4) is 0 Å². The van der Waals surface area contributed by atoms with Crippen LogP contribution in [0.25, 0.3) is 6.08 Å². The fourth-order valence-electron chi connectivity index (χ4n) is 1.36. The Morgan fingerprint density at radius 3 is 2.58 bits per heavy atom. The Balaban J connectivity index is 2.91. The molecule has 1 aromatic carbocycles. The third kappa shape index (κ3) is 3.88. The smallest absolute Gasteiger partial charge is 0.358 e. The molecule has 0 aliphatic rings. The molecule has 1 rings (SSSR count). The zero-order chi connectivity index (χ0) is 14.5. The van der Waals surface area contributed by atoms with Gasteiger partial charge in [0.25, 0.3) is 4.58 Å². The van der Waals surface area contributed by atoms with E-state index in [4.69, 9.17) is 0 Å². The average molecular weight is 331 g/mol. The van der Waals surface area contributed by atoms with Crippen LogP contribution in [0.5, 0.6) is 0 Å². The lowest BCUT2D eigenvalue weighted by Gasteiger charge is -2.29. The summed E-state index contributed by atoms with van der Waals surface area (Å²) < 4.78 is 16.2. The Bertz CT molecular complexity index is 455. The van der Waals surface area contributed by atoms with Gasteiger partial charge in [-0.15, -0.1) is 0 Å². The number of hydrogen-bond acceptors (Lipinski definition) is 3. The minimum absolute atomic E-state index is 0.0363. The van der Waals surface area contributed by atoms with Gasteiger partial charge in [-0.3, -0.25) is 0 Å². The molecule has 0 aromatic heterocycles. The predicted molar refractivity (Wildman–Crippen MR) is 75.5 cm³/mol. The van der Waals surface area contributed by atoms with E-state index in [0.29, 0.717) is 0 Å². The van der Waals surface area contributed by atoms with E-state index in [1.165, 1.54) is 19.1 Å². The molecule has 3 nitrogen and oxygen atoms in total. The Morgan fingerprint density at radius 1 is 1.47 bits per heavy atom. The first-order valence-corrected chi connectivity index (χ1v) is 6.62. The van der Waals surface area contributed by atoms with Gasteiger partial charge in [-0.05, 0) is 41.4 Å². The summed E-state index contributed by atoms with van der Waals surface area (Å²) in [7, 11) is 0. The maximum Gasteiger partial charge on any atom is 0.358 e. The van der Waals surface area contributed by atoms with E-state index < -0.39 is 16.1 Å². The number of carbonyl (C=O) groups excluding carboxylic acids is 1. The Morgan fingerprint density at radius 2 is 2.05 bits per heavy atom. The van der Waals surface area contributed by atoms with Gasteiger partial charge in [0.05, 0.1) is 6.61 Å². The molecule has 0 saturated carbocycles. The molecule has 2 unspecified atom stereocenters. The second-order valence-electron chi connectivity index (χ2n) is 4.19. The van der Waals surface area contributed by atoms with Crippen LogP contribution in [0.1, 0.15) is 19.4 Å². The van der Waals surface area contributed by atoms with E-state index in [0.717, 1.165) is 5.56 Å². The summed E-state index contributed by atoms with van der Waals surface area (Å²) in [6.45, 7) is 2.79. The Kier molecular flexibility index (Phi) is 5.26. The molecule has 0 bridgehead atoms. The van der Waals surface area contributed by atoms with Crippen LogP contribution >= 0.6 is 15.9 Å². The minimum Gasteiger partial charge on any atom is -0.463 e. The number of esters is 1. The summed E-state index contributed by atoms with van der Waals surface area (Å²) in [5.74, 6) is -1.15. The lowest BCUT2D eigenvalue weighted by atomic mass is 9.98. The number of carbonyl (C=O) groups is 1. The van der Waals surface area contributed by atoms with Gasteiger partial charge in [-0.2, -0.15) is 0 Å². The third-order valence-electron chi connectivity index (χ3n) is 2.57. The van der Waals surface area contributed by atoms with Gasteiger partial charge in [0.1, 0.15) is 5.60 Å². The van der Waals surface area contributed by atoms with E-state index in [-0.39, 0.29) is 6.61 Å². The number of ether oxygens (including phenoxy) is 1. The summed E-state index contributed by atoms with van der Waals surface area (Å²) in [6.07, 6.45) is 2.75. The van der Waals surface area contributed by atoms with Gasteiger partial charge in [0.2, 0.25) is 0 Å². The largest absolute Gasteiger partial charge is 0.463 e. The summed E-state index contributed by atoms with van der Waals surface area (Å²) >= 11 is 2.60. The van der Waals surface area contributed by atoms with Crippen molar-refractivity contribution >= 4 is 28.0 Å². The maximum atomic E-state index is 14.3. The monoisotopic (exact) mass is 330 g/mol. The number of aliphatic hydroxyl groups is 1. The molecule has 0 aliphatic carbocycles. The molecule has 0 radical (unpaired) electrons. The topological polar surface area (TPSA) is 46.5 Å². The summed E-state index contributed by atoms with van der Waals surface area (Å²) in [5.41, 5.74) is -1.25. The Labute approximate surface area is 120 Å². The molecule has 19 heavy (non-hydrogen) atoms. The van der Waals surface area contributed by atoms with Crippen molar-refractivity contribution in [1.29, 1.82) is 0 Å². The summed E-state index contributed by atoms with van der Waals surface area (Å²) in [6, 6.07) is 9.07. The molecule has 0 aliphatic heterocycles. The second-order valence-corrected chi connectivity index (χ2v) is 5.28. The lowest BCUT2D eigenvalue weighted by molar-refractivity contribution is -0.159. The fourth-order valence-corrected chi connectivity index (χ4v) is 1.60. The molecule has 0 amide bonds. The molecule has 0 saturated heterocycles. The highest BCUT2D eigenvalue weighted by Gasteiger charge is 2.52. The van der Waals surface area contributed by atoms with Gasteiger partial charge in [-0.25, -0.2) is 9.18 Å². The molecule has 2 atom stereocenters. The molecular formula is C14H16BrFO3. The molecule has 5 heteroatoms. The normalized spacial score (nSPS) is 17.7. The van der Waals surface area contributed by atoms with Crippen molar-refractivity contribution in [3.8, 4) is 0 Å². The van der Waals surface area contributed by atoms with E-state index in [1.54, 1.807) is 19.1 Å². The first-order chi connectivity index (χ1) is 8.81. The summed E-state index contributed by atoms with van der Waals surface area (Å²) in [5, 5.41) is 10.1. The van der Waals surface area contributed by atoms with Crippen molar-refractivity contribution in [2.24, 2.45) is 0 Å². The molecule has 0 spiro atoms. The molecule has 0 heterocycles. The average Bonchev–Trinajstić information content (AvgIpc) is 2.38. The van der Waals surface area contributed by atoms with Crippen LogP contribution in [0.4, 0.5) is 4.39 Å².